The Kier molecular flexibility index (Phi) is 3.97. The molecule has 0 bridgehead atoms. The second kappa shape index (κ2) is 6.06. The molecule has 3 rings (SSSR count). The van der Waals surface area contributed by atoms with Gasteiger partial charge in [0.25, 0.3) is 0 Å². The maximum absolute atomic E-state index is 6.21. The van der Waals surface area contributed by atoms with E-state index in [0.717, 1.165) is 38.0 Å². The van der Waals surface area contributed by atoms with Crippen molar-refractivity contribution < 1.29 is 4.74 Å². The Labute approximate surface area is 119 Å². The molecule has 0 spiro atoms. The first-order valence-electron chi connectivity index (χ1n) is 7.20. The molecule has 1 aliphatic rings. The topological polar surface area (TPSA) is 48.1 Å². The average molecular weight is 268 g/mol. The number of ether oxygens (including phenoxy) is 1. The molecule has 2 aromatic rings. The van der Waals surface area contributed by atoms with Crippen molar-refractivity contribution in [2.45, 2.75) is 31.7 Å². The summed E-state index contributed by atoms with van der Waals surface area (Å²) in [6.07, 6.45) is 7.63. The second-order valence-corrected chi connectivity index (χ2v) is 5.40. The van der Waals surface area contributed by atoms with Crippen molar-refractivity contribution in [2.75, 3.05) is 6.61 Å². The Bertz CT molecular complexity index is 568. The van der Waals surface area contributed by atoms with Gasteiger partial charge in [-0.15, -0.1) is 0 Å². The lowest BCUT2D eigenvalue weighted by molar-refractivity contribution is 0.357. The lowest BCUT2D eigenvalue weighted by Crippen LogP contribution is -2.23. The van der Waals surface area contributed by atoms with Crippen LogP contribution in [0.4, 0.5) is 0 Å². The maximum atomic E-state index is 6.21. The standard InChI is InChI=1S/C17H20N2O/c18-16(11-14-2-1-8-19-12-14)5-3-13-4-6-17-15(10-13)7-9-20-17/h1-2,4,6,8,10,12,16H,3,5,7,9,11,18H2. The maximum Gasteiger partial charge on any atom is 0.122 e. The van der Waals surface area contributed by atoms with Gasteiger partial charge in [-0.2, -0.15) is 0 Å². The van der Waals surface area contributed by atoms with Gasteiger partial charge in [0.1, 0.15) is 5.75 Å². The van der Waals surface area contributed by atoms with Crippen LogP contribution in [0.5, 0.6) is 5.75 Å². The number of nitrogens with zero attached hydrogens (tertiary/aromatic N) is 1. The number of fused-ring (bicyclic) bond motifs is 1. The molecule has 0 radical (unpaired) electrons. The number of rotatable bonds is 5. The molecule has 1 aromatic carbocycles. The molecule has 3 heteroatoms. The number of hydrogen-bond acceptors (Lipinski definition) is 3. The molecule has 1 aromatic heterocycles. The normalized spacial score (nSPS) is 14.7. The van der Waals surface area contributed by atoms with Crippen LogP contribution >= 0.6 is 0 Å². The molecule has 2 N–H and O–H groups in total. The fourth-order valence-electron chi connectivity index (χ4n) is 2.67. The Morgan fingerprint density at radius 3 is 3.05 bits per heavy atom. The minimum absolute atomic E-state index is 0.184. The van der Waals surface area contributed by atoms with E-state index < -0.39 is 0 Å². The van der Waals surface area contributed by atoms with E-state index >= 15 is 0 Å². The Hall–Kier alpha value is -1.87. The van der Waals surface area contributed by atoms with E-state index in [-0.39, 0.29) is 6.04 Å². The van der Waals surface area contributed by atoms with Crippen LogP contribution in [0.3, 0.4) is 0 Å². The molecule has 0 amide bonds. The van der Waals surface area contributed by atoms with E-state index in [0.29, 0.717) is 0 Å². The van der Waals surface area contributed by atoms with E-state index in [1.165, 1.54) is 16.7 Å². The lowest BCUT2D eigenvalue weighted by atomic mass is 9.99. The van der Waals surface area contributed by atoms with E-state index in [2.05, 4.69) is 29.2 Å². The molecule has 0 aliphatic carbocycles. The SMILES string of the molecule is NC(CCc1ccc2c(c1)CCO2)Cc1cccnc1. The summed E-state index contributed by atoms with van der Waals surface area (Å²) >= 11 is 0. The second-order valence-electron chi connectivity index (χ2n) is 5.40. The molecule has 1 unspecified atom stereocenters. The quantitative estimate of drug-likeness (QED) is 0.906. The van der Waals surface area contributed by atoms with E-state index in [1.54, 1.807) is 6.20 Å². The van der Waals surface area contributed by atoms with Gasteiger partial charge in [0.15, 0.2) is 0 Å². The minimum Gasteiger partial charge on any atom is -0.493 e. The van der Waals surface area contributed by atoms with Gasteiger partial charge in [0, 0.05) is 24.9 Å². The summed E-state index contributed by atoms with van der Waals surface area (Å²) in [6, 6.07) is 10.7. The van der Waals surface area contributed by atoms with Crippen LogP contribution in [0.25, 0.3) is 0 Å². The molecular weight excluding hydrogens is 248 g/mol. The van der Waals surface area contributed by atoms with Crippen LogP contribution in [0.15, 0.2) is 42.7 Å². The first-order valence-corrected chi connectivity index (χ1v) is 7.20. The Morgan fingerprint density at radius 2 is 2.20 bits per heavy atom. The number of aryl methyl sites for hydroxylation is 1. The fraction of sp³-hybridized carbons (Fsp3) is 0.353. The monoisotopic (exact) mass is 268 g/mol. The van der Waals surface area contributed by atoms with Crippen molar-refractivity contribution in [3.63, 3.8) is 0 Å². The molecule has 104 valence electrons. The number of benzene rings is 1. The van der Waals surface area contributed by atoms with Crippen LogP contribution in [-0.2, 0) is 19.3 Å². The highest BCUT2D eigenvalue weighted by Gasteiger charge is 2.12. The zero-order valence-corrected chi connectivity index (χ0v) is 11.6. The van der Waals surface area contributed by atoms with Gasteiger partial charge < -0.3 is 10.5 Å². The van der Waals surface area contributed by atoms with Gasteiger partial charge in [-0.1, -0.05) is 18.2 Å². The minimum atomic E-state index is 0.184. The number of aromatic nitrogens is 1. The highest BCUT2D eigenvalue weighted by atomic mass is 16.5. The molecule has 0 saturated carbocycles. The van der Waals surface area contributed by atoms with E-state index in [9.17, 15) is 0 Å². The third kappa shape index (κ3) is 3.17. The summed E-state index contributed by atoms with van der Waals surface area (Å²) in [5.41, 5.74) is 10.1. The van der Waals surface area contributed by atoms with Gasteiger partial charge in [0.05, 0.1) is 6.61 Å². The van der Waals surface area contributed by atoms with Crippen molar-refractivity contribution in [3.8, 4) is 5.75 Å². The summed E-state index contributed by atoms with van der Waals surface area (Å²) in [5, 5.41) is 0. The van der Waals surface area contributed by atoms with Crippen molar-refractivity contribution in [3.05, 3.63) is 59.4 Å². The van der Waals surface area contributed by atoms with E-state index in [1.807, 2.05) is 12.3 Å². The van der Waals surface area contributed by atoms with Crippen LogP contribution in [0.1, 0.15) is 23.1 Å². The zero-order chi connectivity index (χ0) is 13.8. The van der Waals surface area contributed by atoms with Gasteiger partial charge in [-0.25, -0.2) is 0 Å². The number of pyridine rings is 1. The summed E-state index contributed by atoms with van der Waals surface area (Å²) in [4.78, 5) is 4.13. The van der Waals surface area contributed by atoms with Crippen molar-refractivity contribution >= 4 is 0 Å². The van der Waals surface area contributed by atoms with Gasteiger partial charge >= 0.3 is 0 Å². The summed E-state index contributed by atoms with van der Waals surface area (Å²) in [5.74, 6) is 1.05. The molecule has 1 atom stereocenters. The first kappa shape index (κ1) is 13.1. The predicted octanol–water partition coefficient (Wildman–Crippen LogP) is 2.52. The van der Waals surface area contributed by atoms with Crippen molar-refractivity contribution in [1.82, 2.24) is 4.98 Å². The summed E-state index contributed by atoms with van der Waals surface area (Å²) in [6.45, 7) is 0.819. The highest BCUT2D eigenvalue weighted by Crippen LogP contribution is 2.26. The Morgan fingerprint density at radius 1 is 1.25 bits per heavy atom. The highest BCUT2D eigenvalue weighted by molar-refractivity contribution is 5.39. The third-order valence-corrected chi connectivity index (χ3v) is 3.78. The van der Waals surface area contributed by atoms with Crippen LogP contribution < -0.4 is 10.5 Å². The van der Waals surface area contributed by atoms with Gasteiger partial charge in [0.2, 0.25) is 0 Å². The van der Waals surface area contributed by atoms with Gasteiger partial charge in [-0.3, -0.25) is 4.98 Å². The molecule has 0 saturated heterocycles. The lowest BCUT2D eigenvalue weighted by Gasteiger charge is -2.12. The Balaban J connectivity index is 1.54. The fourth-order valence-corrected chi connectivity index (χ4v) is 2.67. The molecule has 20 heavy (non-hydrogen) atoms. The average Bonchev–Trinajstić information content (AvgIpc) is 2.93. The summed E-state index contributed by atoms with van der Waals surface area (Å²) in [7, 11) is 0. The predicted molar refractivity (Wildman–Crippen MR) is 79.9 cm³/mol. The number of hydrogen-bond donors (Lipinski definition) is 1. The van der Waals surface area contributed by atoms with E-state index in [4.69, 9.17) is 10.5 Å². The molecule has 0 fully saturated rings. The van der Waals surface area contributed by atoms with Crippen molar-refractivity contribution in [1.29, 1.82) is 0 Å². The van der Waals surface area contributed by atoms with Crippen LogP contribution in [0.2, 0.25) is 0 Å². The molecule has 2 heterocycles. The first-order chi connectivity index (χ1) is 9.81. The smallest absolute Gasteiger partial charge is 0.122 e. The third-order valence-electron chi connectivity index (χ3n) is 3.78. The van der Waals surface area contributed by atoms with Crippen LogP contribution in [0, 0.1) is 0 Å². The molecular formula is C17H20N2O. The largest absolute Gasteiger partial charge is 0.493 e. The van der Waals surface area contributed by atoms with Crippen molar-refractivity contribution in [2.24, 2.45) is 5.73 Å². The number of nitrogens with two attached hydrogens (primary N) is 1. The summed E-state index contributed by atoms with van der Waals surface area (Å²) < 4.78 is 5.53. The molecule has 1 aliphatic heterocycles. The van der Waals surface area contributed by atoms with Gasteiger partial charge in [-0.05, 0) is 48.1 Å². The van der Waals surface area contributed by atoms with Crippen LogP contribution in [-0.4, -0.2) is 17.6 Å². The zero-order valence-electron chi connectivity index (χ0n) is 11.6. The molecule has 3 nitrogen and oxygen atoms in total.